The number of quaternary nitrogens is 1. The molecule has 0 radical (unpaired) electrons. The Bertz CT molecular complexity index is 1220. The number of aliphatic hydroxyl groups is 1. The van der Waals surface area contributed by atoms with E-state index in [2.05, 4.69) is 44.2 Å². The summed E-state index contributed by atoms with van der Waals surface area (Å²) >= 11 is 0. The number of hydrogen-bond acceptors (Lipinski definition) is 9. The lowest BCUT2D eigenvalue weighted by Crippen LogP contribution is -2.37. The number of likely N-dealkylation sites (N-methyl/N-ethyl adjacent to an activating group) is 1. The highest BCUT2D eigenvalue weighted by atomic mass is 31.2. The number of hydrogen-bond donors (Lipinski definition) is 1. The van der Waals surface area contributed by atoms with Crippen molar-refractivity contribution < 1.29 is 47.2 Å². The van der Waals surface area contributed by atoms with Crippen LogP contribution in [0.5, 0.6) is 0 Å². The highest BCUT2D eigenvalue weighted by molar-refractivity contribution is 7.45. The molecule has 10 nitrogen and oxygen atoms in total. The summed E-state index contributed by atoms with van der Waals surface area (Å²) in [6.45, 7) is 3.97. The maximum Gasteiger partial charge on any atom is 0.306 e. The number of unbranched alkanes of at least 4 members (excludes halogenated alkanes) is 12. The number of esters is 2. The predicted molar refractivity (Wildman–Crippen MR) is 232 cm³/mol. The van der Waals surface area contributed by atoms with Gasteiger partial charge in [0.05, 0.1) is 33.9 Å². The fourth-order valence-electron chi connectivity index (χ4n) is 5.28. The minimum Gasteiger partial charge on any atom is -0.756 e. The maximum absolute atomic E-state index is 12.7. The molecule has 0 heterocycles. The van der Waals surface area contributed by atoms with Crippen LogP contribution in [-0.4, -0.2) is 81.2 Å². The van der Waals surface area contributed by atoms with E-state index in [9.17, 15) is 24.2 Å². The number of phosphoric ester groups is 1. The smallest absolute Gasteiger partial charge is 0.306 e. The summed E-state index contributed by atoms with van der Waals surface area (Å²) in [7, 11) is 1.08. The van der Waals surface area contributed by atoms with E-state index in [0.717, 1.165) is 57.8 Å². The molecule has 0 rings (SSSR count). The minimum absolute atomic E-state index is 0.0562. The van der Waals surface area contributed by atoms with Crippen LogP contribution in [0.3, 0.4) is 0 Å². The summed E-state index contributed by atoms with van der Waals surface area (Å²) in [5.41, 5.74) is 0. The highest BCUT2D eigenvalue weighted by Gasteiger charge is 2.21. The molecule has 0 aliphatic carbocycles. The standard InChI is InChI=1S/C46H80NO9P/c1-6-8-10-12-14-15-16-17-18-19-20-21-25-30-34-38-46(50)56-44(42-55-57(51,52)54-40-39-47(3,4)5)41-53-45(49)37-33-29-26-22-24-28-32-36-43(48)35-31-27-23-13-11-9-7-2/h14-15,17-18,22-23,26-28,31-32,35,43-44,48H,6-13,16,19-21,24-25,29-30,33-34,36-42H2,1-5H3/b15-14-,18-17-,26-22+,27-23-,32-28-,35-31-/t43-,44-/m1/s1. The molecule has 0 saturated heterocycles. The number of allylic oxidation sites excluding steroid dienone is 10. The molecule has 3 atom stereocenters. The Kier molecular flexibility index (Phi) is 36.0. The van der Waals surface area contributed by atoms with Crippen LogP contribution in [-0.2, 0) is 32.7 Å². The summed E-state index contributed by atoms with van der Waals surface area (Å²) < 4.78 is 33.7. The monoisotopic (exact) mass is 822 g/mol. The fraction of sp³-hybridized carbons (Fsp3) is 0.696. The van der Waals surface area contributed by atoms with Crippen LogP contribution >= 0.6 is 7.82 Å². The van der Waals surface area contributed by atoms with Gasteiger partial charge in [-0.1, -0.05) is 132 Å². The first kappa shape index (κ1) is 54.4. The van der Waals surface area contributed by atoms with Crippen LogP contribution in [0, 0.1) is 0 Å². The van der Waals surface area contributed by atoms with Gasteiger partial charge in [-0.2, -0.15) is 0 Å². The number of ether oxygens (including phenoxy) is 2. The molecule has 11 heteroatoms. The molecule has 0 aromatic carbocycles. The van der Waals surface area contributed by atoms with Gasteiger partial charge in [0.15, 0.2) is 6.10 Å². The van der Waals surface area contributed by atoms with Gasteiger partial charge >= 0.3 is 11.9 Å². The van der Waals surface area contributed by atoms with E-state index in [4.69, 9.17) is 18.5 Å². The molecule has 0 spiro atoms. The quantitative estimate of drug-likeness (QED) is 0.0161. The Balaban J connectivity index is 4.56. The molecule has 1 unspecified atom stereocenters. The molecule has 0 aromatic rings. The number of carbonyl (C=O) groups is 2. The normalized spacial score (nSPS) is 14.9. The molecule has 1 N–H and O–H groups in total. The van der Waals surface area contributed by atoms with Crippen molar-refractivity contribution in [1.82, 2.24) is 0 Å². The Labute approximate surface area is 347 Å². The second-order valence-electron chi connectivity index (χ2n) is 15.5. The van der Waals surface area contributed by atoms with E-state index < -0.39 is 38.6 Å². The molecule has 0 saturated carbocycles. The average Bonchev–Trinajstić information content (AvgIpc) is 3.15. The lowest BCUT2D eigenvalue weighted by molar-refractivity contribution is -0.870. The molecular weight excluding hydrogens is 741 g/mol. The predicted octanol–water partition coefficient (Wildman–Crippen LogP) is 10.6. The van der Waals surface area contributed by atoms with Gasteiger partial charge in [0, 0.05) is 12.8 Å². The number of nitrogens with zero attached hydrogens (tertiary/aromatic N) is 1. The lowest BCUT2D eigenvalue weighted by Gasteiger charge is -2.28. The van der Waals surface area contributed by atoms with Crippen LogP contribution in [0.1, 0.15) is 149 Å². The van der Waals surface area contributed by atoms with Crippen LogP contribution < -0.4 is 4.89 Å². The zero-order valence-electron chi connectivity index (χ0n) is 36.4. The van der Waals surface area contributed by atoms with E-state index in [0.29, 0.717) is 36.7 Å². The zero-order chi connectivity index (χ0) is 42.3. The van der Waals surface area contributed by atoms with E-state index in [1.807, 2.05) is 57.6 Å². The van der Waals surface area contributed by atoms with Crippen molar-refractivity contribution in [1.29, 1.82) is 0 Å². The maximum atomic E-state index is 12.7. The van der Waals surface area contributed by atoms with Crippen LogP contribution in [0.25, 0.3) is 0 Å². The van der Waals surface area contributed by atoms with E-state index in [1.54, 1.807) is 6.08 Å². The van der Waals surface area contributed by atoms with E-state index in [-0.39, 0.29) is 26.1 Å². The average molecular weight is 822 g/mol. The van der Waals surface area contributed by atoms with Crippen molar-refractivity contribution in [2.45, 2.75) is 161 Å². The zero-order valence-corrected chi connectivity index (χ0v) is 37.3. The number of phosphoric acid groups is 1. The van der Waals surface area contributed by atoms with E-state index >= 15 is 0 Å². The summed E-state index contributed by atoms with van der Waals surface area (Å²) in [5, 5.41) is 10.1. The van der Waals surface area contributed by atoms with Crippen molar-refractivity contribution in [3.8, 4) is 0 Å². The first-order chi connectivity index (χ1) is 27.4. The first-order valence-corrected chi connectivity index (χ1v) is 23.2. The van der Waals surface area contributed by atoms with Crippen LogP contribution in [0.4, 0.5) is 0 Å². The summed E-state index contributed by atoms with van der Waals surface area (Å²) in [4.78, 5) is 37.5. The van der Waals surface area contributed by atoms with Gasteiger partial charge in [0.1, 0.15) is 19.8 Å². The summed E-state index contributed by atoms with van der Waals surface area (Å²) in [5.74, 6) is -0.965. The molecule has 0 bridgehead atoms. The van der Waals surface area contributed by atoms with Crippen molar-refractivity contribution in [2.75, 3.05) is 47.5 Å². The Morgan fingerprint density at radius 3 is 1.82 bits per heavy atom. The largest absolute Gasteiger partial charge is 0.756 e. The van der Waals surface area contributed by atoms with Crippen LogP contribution in [0.15, 0.2) is 72.9 Å². The third kappa shape index (κ3) is 41.4. The molecular formula is C46H80NO9P. The third-order valence-electron chi connectivity index (χ3n) is 8.78. The first-order valence-electron chi connectivity index (χ1n) is 21.8. The van der Waals surface area contributed by atoms with Gasteiger partial charge in [0.2, 0.25) is 0 Å². The number of aliphatic hydroxyl groups excluding tert-OH is 1. The molecule has 0 fully saturated rings. The number of rotatable bonds is 38. The van der Waals surface area contributed by atoms with Crippen molar-refractivity contribution in [3.63, 3.8) is 0 Å². The van der Waals surface area contributed by atoms with Gasteiger partial charge in [0.25, 0.3) is 7.82 Å². The van der Waals surface area contributed by atoms with Gasteiger partial charge in [-0.05, 0) is 77.0 Å². The van der Waals surface area contributed by atoms with Crippen molar-refractivity contribution in [2.24, 2.45) is 0 Å². The highest BCUT2D eigenvalue weighted by Crippen LogP contribution is 2.38. The molecule has 0 aliphatic heterocycles. The summed E-state index contributed by atoms with van der Waals surface area (Å²) in [6, 6.07) is 0. The van der Waals surface area contributed by atoms with Crippen molar-refractivity contribution in [3.05, 3.63) is 72.9 Å². The van der Waals surface area contributed by atoms with Crippen LogP contribution in [0.2, 0.25) is 0 Å². The molecule has 0 amide bonds. The lowest BCUT2D eigenvalue weighted by atomic mass is 10.1. The van der Waals surface area contributed by atoms with Crippen molar-refractivity contribution >= 4 is 19.8 Å². The fourth-order valence-corrected chi connectivity index (χ4v) is 6.01. The van der Waals surface area contributed by atoms with Gasteiger partial charge in [-0.3, -0.25) is 14.2 Å². The van der Waals surface area contributed by atoms with E-state index in [1.165, 1.54) is 38.5 Å². The topological polar surface area (TPSA) is 131 Å². The Morgan fingerprint density at radius 2 is 1.19 bits per heavy atom. The second-order valence-corrected chi connectivity index (χ2v) is 17.0. The molecule has 0 aliphatic rings. The van der Waals surface area contributed by atoms with Gasteiger partial charge in [-0.15, -0.1) is 0 Å². The summed E-state index contributed by atoms with van der Waals surface area (Å²) in [6.07, 6.45) is 42.4. The molecule has 328 valence electrons. The minimum atomic E-state index is -4.66. The number of carbonyl (C=O) groups excluding carboxylic acids is 2. The SMILES string of the molecule is CCCCC/C=C\C=C/[C@@H](O)C/C=C\C/C=C/CCCC(=O)OC[C@H](COP(=O)([O-])OCC[N+](C)(C)C)OC(=O)CCCCCCC/C=C\C/C=C\CCCCC. The molecule has 0 aromatic heterocycles. The third-order valence-corrected chi connectivity index (χ3v) is 9.74. The Hall–Kier alpha value is -2.59. The second kappa shape index (κ2) is 37.7. The van der Waals surface area contributed by atoms with Gasteiger partial charge in [-0.25, -0.2) is 0 Å². The Morgan fingerprint density at radius 1 is 0.649 bits per heavy atom. The van der Waals surface area contributed by atoms with Gasteiger partial charge < -0.3 is 33.0 Å². The molecule has 57 heavy (non-hydrogen) atoms.